The van der Waals surface area contributed by atoms with E-state index in [0.29, 0.717) is 0 Å². The molecule has 106 valence electrons. The van der Waals surface area contributed by atoms with Gasteiger partial charge in [0.05, 0.1) is 0 Å². The van der Waals surface area contributed by atoms with E-state index in [2.05, 4.69) is 37.1 Å². The molecule has 0 bridgehead atoms. The number of rotatable bonds is 5. The van der Waals surface area contributed by atoms with Gasteiger partial charge in [-0.3, -0.25) is 4.98 Å². The summed E-state index contributed by atoms with van der Waals surface area (Å²) < 4.78 is 6.12. The Morgan fingerprint density at radius 3 is 2.70 bits per heavy atom. The standard InChI is InChI=1S/C17H22N2O/c1-5-18-10-15-11-19-13(3)9-17(15)20-16-8-6-7-12(2)14(16)4/h6-9,11,18H,5,10H2,1-4H3. The molecule has 0 aliphatic carbocycles. The molecule has 1 N–H and O–H groups in total. The highest BCUT2D eigenvalue weighted by Crippen LogP contribution is 2.29. The van der Waals surface area contributed by atoms with Crippen LogP contribution in [0.25, 0.3) is 0 Å². The van der Waals surface area contributed by atoms with Crippen molar-refractivity contribution in [3.05, 3.63) is 52.8 Å². The van der Waals surface area contributed by atoms with E-state index in [9.17, 15) is 0 Å². The number of pyridine rings is 1. The molecule has 0 aliphatic rings. The van der Waals surface area contributed by atoms with Crippen molar-refractivity contribution < 1.29 is 4.74 Å². The molecule has 20 heavy (non-hydrogen) atoms. The van der Waals surface area contributed by atoms with Gasteiger partial charge in [-0.2, -0.15) is 0 Å². The minimum atomic E-state index is 0.768. The summed E-state index contributed by atoms with van der Waals surface area (Å²) in [5.41, 5.74) is 4.46. The largest absolute Gasteiger partial charge is 0.457 e. The van der Waals surface area contributed by atoms with E-state index in [4.69, 9.17) is 4.74 Å². The van der Waals surface area contributed by atoms with Crippen LogP contribution in [-0.2, 0) is 6.54 Å². The molecule has 1 heterocycles. The van der Waals surface area contributed by atoms with E-state index in [1.54, 1.807) is 0 Å². The van der Waals surface area contributed by atoms with Crippen molar-refractivity contribution >= 4 is 0 Å². The lowest BCUT2D eigenvalue weighted by Gasteiger charge is -2.14. The van der Waals surface area contributed by atoms with E-state index >= 15 is 0 Å². The second kappa shape index (κ2) is 6.53. The molecule has 0 aliphatic heterocycles. The molecule has 0 saturated heterocycles. The number of aromatic nitrogens is 1. The first-order valence-corrected chi connectivity index (χ1v) is 7.02. The van der Waals surface area contributed by atoms with Gasteiger partial charge in [0, 0.05) is 30.1 Å². The second-order valence-electron chi connectivity index (χ2n) is 5.01. The highest BCUT2D eigenvalue weighted by atomic mass is 16.5. The Bertz CT molecular complexity index is 594. The molecule has 0 amide bonds. The lowest BCUT2D eigenvalue weighted by Crippen LogP contribution is -2.13. The van der Waals surface area contributed by atoms with Crippen molar-refractivity contribution in [1.29, 1.82) is 0 Å². The van der Waals surface area contributed by atoms with Crippen LogP contribution in [0.5, 0.6) is 11.5 Å². The predicted molar refractivity (Wildman–Crippen MR) is 82.3 cm³/mol. The first-order chi connectivity index (χ1) is 9.61. The molecule has 0 unspecified atom stereocenters. The Morgan fingerprint density at radius 1 is 1.15 bits per heavy atom. The van der Waals surface area contributed by atoms with Crippen molar-refractivity contribution in [2.45, 2.75) is 34.2 Å². The smallest absolute Gasteiger partial charge is 0.135 e. The highest BCUT2D eigenvalue weighted by Gasteiger charge is 2.08. The highest BCUT2D eigenvalue weighted by molar-refractivity contribution is 5.43. The minimum absolute atomic E-state index is 0.768. The molecule has 1 aromatic heterocycles. The first kappa shape index (κ1) is 14.5. The van der Waals surface area contributed by atoms with Gasteiger partial charge < -0.3 is 10.1 Å². The predicted octanol–water partition coefficient (Wildman–Crippen LogP) is 3.91. The number of aryl methyl sites for hydroxylation is 2. The zero-order chi connectivity index (χ0) is 14.5. The Morgan fingerprint density at radius 2 is 1.95 bits per heavy atom. The second-order valence-corrected chi connectivity index (χ2v) is 5.01. The molecular weight excluding hydrogens is 248 g/mol. The number of nitrogens with zero attached hydrogens (tertiary/aromatic N) is 1. The van der Waals surface area contributed by atoms with Crippen LogP contribution in [0.4, 0.5) is 0 Å². The van der Waals surface area contributed by atoms with Gasteiger partial charge in [0.25, 0.3) is 0 Å². The van der Waals surface area contributed by atoms with Crippen LogP contribution in [0, 0.1) is 20.8 Å². The molecule has 1 aromatic carbocycles. The fraction of sp³-hybridized carbons (Fsp3) is 0.353. The summed E-state index contributed by atoms with van der Waals surface area (Å²) in [6.07, 6.45) is 1.89. The fourth-order valence-corrected chi connectivity index (χ4v) is 2.00. The summed E-state index contributed by atoms with van der Waals surface area (Å²) >= 11 is 0. The van der Waals surface area contributed by atoms with Crippen LogP contribution >= 0.6 is 0 Å². The van der Waals surface area contributed by atoms with Crippen molar-refractivity contribution in [2.75, 3.05) is 6.54 Å². The quantitative estimate of drug-likeness (QED) is 0.894. The fourth-order valence-electron chi connectivity index (χ4n) is 2.00. The zero-order valence-electron chi connectivity index (χ0n) is 12.7. The third kappa shape index (κ3) is 3.36. The SMILES string of the molecule is CCNCc1cnc(C)cc1Oc1cccc(C)c1C. The molecular formula is C17H22N2O. The molecule has 0 atom stereocenters. The van der Waals surface area contributed by atoms with E-state index in [1.165, 1.54) is 11.1 Å². The molecule has 0 saturated carbocycles. The van der Waals surface area contributed by atoms with E-state index in [-0.39, 0.29) is 0 Å². The summed E-state index contributed by atoms with van der Waals surface area (Å²) in [6.45, 7) is 9.95. The van der Waals surface area contributed by atoms with Crippen LogP contribution < -0.4 is 10.1 Å². The number of ether oxygens (including phenoxy) is 1. The Hall–Kier alpha value is -1.87. The number of nitrogens with one attached hydrogen (secondary N) is 1. The van der Waals surface area contributed by atoms with Crippen molar-refractivity contribution in [3.8, 4) is 11.5 Å². The third-order valence-electron chi connectivity index (χ3n) is 3.42. The van der Waals surface area contributed by atoms with Crippen LogP contribution in [0.3, 0.4) is 0 Å². The zero-order valence-corrected chi connectivity index (χ0v) is 12.7. The van der Waals surface area contributed by atoms with Crippen molar-refractivity contribution in [2.24, 2.45) is 0 Å². The van der Waals surface area contributed by atoms with Gasteiger partial charge in [0.15, 0.2) is 0 Å². The Kier molecular flexibility index (Phi) is 4.74. The average Bonchev–Trinajstić information content (AvgIpc) is 2.43. The monoisotopic (exact) mass is 270 g/mol. The molecule has 2 aromatic rings. The van der Waals surface area contributed by atoms with Gasteiger partial charge >= 0.3 is 0 Å². The lowest BCUT2D eigenvalue weighted by atomic mass is 10.1. The summed E-state index contributed by atoms with van der Waals surface area (Å²) in [6, 6.07) is 8.12. The van der Waals surface area contributed by atoms with Gasteiger partial charge in [-0.05, 0) is 44.5 Å². The molecule has 0 spiro atoms. The first-order valence-electron chi connectivity index (χ1n) is 7.02. The summed E-state index contributed by atoms with van der Waals surface area (Å²) in [5, 5.41) is 3.32. The normalized spacial score (nSPS) is 10.6. The minimum Gasteiger partial charge on any atom is -0.457 e. The Labute approximate surface area is 121 Å². The van der Waals surface area contributed by atoms with Gasteiger partial charge in [0.2, 0.25) is 0 Å². The number of hydrogen-bond acceptors (Lipinski definition) is 3. The molecule has 3 heteroatoms. The van der Waals surface area contributed by atoms with Crippen LogP contribution in [0.2, 0.25) is 0 Å². The van der Waals surface area contributed by atoms with Gasteiger partial charge in [-0.15, -0.1) is 0 Å². The maximum absolute atomic E-state index is 6.12. The molecule has 3 nitrogen and oxygen atoms in total. The van der Waals surface area contributed by atoms with E-state index < -0.39 is 0 Å². The number of hydrogen-bond donors (Lipinski definition) is 1. The summed E-state index contributed by atoms with van der Waals surface area (Å²) in [4.78, 5) is 4.35. The van der Waals surface area contributed by atoms with E-state index in [0.717, 1.165) is 35.8 Å². The van der Waals surface area contributed by atoms with Crippen LogP contribution in [-0.4, -0.2) is 11.5 Å². The molecule has 2 rings (SSSR count). The Balaban J connectivity index is 2.31. The summed E-state index contributed by atoms with van der Waals surface area (Å²) in [5.74, 6) is 1.79. The van der Waals surface area contributed by atoms with Gasteiger partial charge in [0.1, 0.15) is 11.5 Å². The van der Waals surface area contributed by atoms with Gasteiger partial charge in [-0.1, -0.05) is 19.1 Å². The summed E-state index contributed by atoms with van der Waals surface area (Å²) in [7, 11) is 0. The topological polar surface area (TPSA) is 34.2 Å². The maximum Gasteiger partial charge on any atom is 0.135 e. The molecule has 0 fully saturated rings. The van der Waals surface area contributed by atoms with Crippen LogP contribution in [0.15, 0.2) is 30.5 Å². The maximum atomic E-state index is 6.12. The lowest BCUT2D eigenvalue weighted by molar-refractivity contribution is 0.467. The van der Waals surface area contributed by atoms with Crippen molar-refractivity contribution in [3.63, 3.8) is 0 Å². The number of benzene rings is 1. The van der Waals surface area contributed by atoms with E-state index in [1.807, 2.05) is 31.3 Å². The van der Waals surface area contributed by atoms with Crippen LogP contribution in [0.1, 0.15) is 29.3 Å². The van der Waals surface area contributed by atoms with Crippen molar-refractivity contribution in [1.82, 2.24) is 10.3 Å². The third-order valence-corrected chi connectivity index (χ3v) is 3.42. The van der Waals surface area contributed by atoms with Gasteiger partial charge in [-0.25, -0.2) is 0 Å². The molecule has 0 radical (unpaired) electrons. The average molecular weight is 270 g/mol.